The number of aromatic nitrogens is 4. The number of aliphatic imine (C=N–C) groups is 2. The van der Waals surface area contributed by atoms with Crippen LogP contribution in [0.15, 0.2) is 71.1 Å². The number of rotatable bonds is 12. The van der Waals surface area contributed by atoms with Crippen LogP contribution >= 0.6 is 11.6 Å². The number of methoxy groups -OCH3 is 2. The predicted molar refractivity (Wildman–Crippen MR) is 203 cm³/mol. The zero-order valence-corrected chi connectivity index (χ0v) is 30.2. The molecular formula is C39H44ClN9O2. The number of nitrogens with one attached hydrogen (secondary N) is 2. The van der Waals surface area contributed by atoms with Crippen molar-refractivity contribution in [3.63, 3.8) is 0 Å². The molecule has 3 aliphatic heterocycles. The van der Waals surface area contributed by atoms with Crippen LogP contribution in [0.1, 0.15) is 42.6 Å². The van der Waals surface area contributed by atoms with E-state index in [1.165, 1.54) is 0 Å². The van der Waals surface area contributed by atoms with Crippen LogP contribution in [0.25, 0.3) is 33.6 Å². The number of halogens is 1. The SMILES string of the molecule is C=C1CC[C@@H](CNCc2ncc(-c3cccc(-c4cccc(-c5cnc(CN6CCC(C7=NCCC=N7)C6)c(OC)n5)c4Cl)c3C)nc2OC)N1. The number of likely N-dealkylation sites (tertiary alicyclic amines) is 1. The molecule has 3 aliphatic rings. The van der Waals surface area contributed by atoms with E-state index in [4.69, 9.17) is 41.0 Å². The Bertz CT molecular complexity index is 1980. The summed E-state index contributed by atoms with van der Waals surface area (Å²) in [7, 11) is 3.26. The largest absolute Gasteiger partial charge is 0.480 e. The third-order valence-corrected chi connectivity index (χ3v) is 10.2. The highest BCUT2D eigenvalue weighted by atomic mass is 35.5. The summed E-state index contributed by atoms with van der Waals surface area (Å²) in [5.74, 6) is 2.32. The number of nitrogens with zero attached hydrogens (tertiary/aromatic N) is 7. The van der Waals surface area contributed by atoms with E-state index in [9.17, 15) is 0 Å². The fourth-order valence-electron chi connectivity index (χ4n) is 7.12. The van der Waals surface area contributed by atoms with Crippen molar-refractivity contribution in [2.75, 3.05) is 40.4 Å². The number of ether oxygens (including phenoxy) is 2. The van der Waals surface area contributed by atoms with Gasteiger partial charge in [0.25, 0.3) is 0 Å². The zero-order chi connectivity index (χ0) is 35.3. The monoisotopic (exact) mass is 705 g/mol. The Labute approximate surface area is 304 Å². The molecule has 0 saturated carbocycles. The molecule has 7 rings (SSSR count). The van der Waals surface area contributed by atoms with Crippen molar-refractivity contribution in [2.45, 2.75) is 51.7 Å². The Morgan fingerprint density at radius 3 is 2.37 bits per heavy atom. The standard InChI is InChI=1S/C39H44ClN9O2/c1-24-12-13-27(46-24)18-41-19-34-38(50-3)47-32(20-44-34)29-9-5-8-28(25(29)2)30-10-6-11-31(36(30)40)33-21-45-35(39(48-33)51-4)23-49-17-14-26(22-49)37-42-15-7-16-43-37/h5-6,8-11,15,20-21,26-27,41,46H,1,7,12-14,16-19,22-23H2,2-4H3/t26?,27-/m0/s1. The van der Waals surface area contributed by atoms with Gasteiger partial charge in [-0.1, -0.05) is 54.6 Å². The molecule has 0 radical (unpaired) electrons. The van der Waals surface area contributed by atoms with Gasteiger partial charge in [-0.3, -0.25) is 19.9 Å². The second kappa shape index (κ2) is 15.7. The van der Waals surface area contributed by atoms with Crippen molar-refractivity contribution >= 4 is 23.7 Å². The highest BCUT2D eigenvalue weighted by Crippen LogP contribution is 2.40. The van der Waals surface area contributed by atoms with Crippen molar-refractivity contribution in [1.29, 1.82) is 0 Å². The smallest absolute Gasteiger partial charge is 0.237 e. The van der Waals surface area contributed by atoms with Crippen LogP contribution in [0.5, 0.6) is 11.8 Å². The van der Waals surface area contributed by atoms with Gasteiger partial charge in [0.2, 0.25) is 11.8 Å². The molecule has 264 valence electrons. The summed E-state index contributed by atoms with van der Waals surface area (Å²) >= 11 is 7.18. The summed E-state index contributed by atoms with van der Waals surface area (Å²) in [6.45, 7) is 10.8. The normalized spacial score (nSPS) is 18.9. The summed E-state index contributed by atoms with van der Waals surface area (Å²) in [4.78, 5) is 30.9. The maximum atomic E-state index is 7.18. The molecule has 1 unspecified atom stereocenters. The summed E-state index contributed by atoms with van der Waals surface area (Å²) in [6.07, 6.45) is 9.63. The second-order valence-corrected chi connectivity index (χ2v) is 13.6. The van der Waals surface area contributed by atoms with E-state index in [0.29, 0.717) is 47.5 Å². The maximum Gasteiger partial charge on any atom is 0.237 e. The molecule has 2 aromatic heterocycles. The molecular weight excluding hydrogens is 662 g/mol. The van der Waals surface area contributed by atoms with Gasteiger partial charge in [0.05, 0.1) is 43.0 Å². The maximum absolute atomic E-state index is 7.18. The molecule has 0 aliphatic carbocycles. The summed E-state index contributed by atoms with van der Waals surface area (Å²) < 4.78 is 11.4. The van der Waals surface area contributed by atoms with E-state index >= 15 is 0 Å². The number of hydrogen-bond acceptors (Lipinski definition) is 11. The minimum absolute atomic E-state index is 0.352. The van der Waals surface area contributed by atoms with Crippen molar-refractivity contribution < 1.29 is 9.47 Å². The van der Waals surface area contributed by atoms with E-state index < -0.39 is 0 Å². The van der Waals surface area contributed by atoms with Crippen LogP contribution in [0, 0.1) is 12.8 Å². The first kappa shape index (κ1) is 34.7. The van der Waals surface area contributed by atoms with E-state index in [-0.39, 0.29) is 0 Å². The zero-order valence-electron chi connectivity index (χ0n) is 29.5. The van der Waals surface area contributed by atoms with Gasteiger partial charge in [-0.2, -0.15) is 0 Å². The van der Waals surface area contributed by atoms with Gasteiger partial charge in [0.1, 0.15) is 17.2 Å². The minimum atomic E-state index is 0.352. The Hall–Kier alpha value is -4.71. The Balaban J connectivity index is 1.09. The molecule has 12 heteroatoms. The topological polar surface area (TPSA) is 122 Å². The van der Waals surface area contributed by atoms with Crippen LogP contribution in [0.4, 0.5) is 0 Å². The van der Waals surface area contributed by atoms with Crippen molar-refractivity contribution in [1.82, 2.24) is 35.5 Å². The molecule has 0 spiro atoms. The van der Waals surface area contributed by atoms with Crippen LogP contribution in [-0.4, -0.2) is 83.3 Å². The van der Waals surface area contributed by atoms with Gasteiger partial charge in [-0.15, -0.1) is 0 Å². The molecule has 2 aromatic carbocycles. The number of allylic oxidation sites excluding steroid dienone is 1. The molecule has 0 bridgehead atoms. The van der Waals surface area contributed by atoms with Crippen molar-refractivity contribution in [2.24, 2.45) is 15.9 Å². The van der Waals surface area contributed by atoms with Crippen LogP contribution in [-0.2, 0) is 13.1 Å². The van der Waals surface area contributed by atoms with E-state index in [0.717, 1.165) is 108 Å². The Kier molecular flexibility index (Phi) is 10.7. The van der Waals surface area contributed by atoms with Crippen LogP contribution in [0.2, 0.25) is 5.02 Å². The quantitative estimate of drug-likeness (QED) is 0.175. The van der Waals surface area contributed by atoms with Gasteiger partial charge < -0.3 is 20.1 Å². The first-order chi connectivity index (χ1) is 24.9. The molecule has 51 heavy (non-hydrogen) atoms. The van der Waals surface area contributed by atoms with E-state index in [1.807, 2.05) is 42.7 Å². The van der Waals surface area contributed by atoms with Gasteiger partial charge in [-0.25, -0.2) is 15.0 Å². The molecule has 2 fully saturated rings. The fourth-order valence-corrected chi connectivity index (χ4v) is 7.45. The number of amidine groups is 1. The van der Waals surface area contributed by atoms with E-state index in [1.54, 1.807) is 20.4 Å². The summed E-state index contributed by atoms with van der Waals surface area (Å²) in [6, 6.07) is 12.5. The lowest BCUT2D eigenvalue weighted by Crippen LogP contribution is -2.33. The Morgan fingerprint density at radius 1 is 0.941 bits per heavy atom. The Morgan fingerprint density at radius 2 is 1.65 bits per heavy atom. The highest BCUT2D eigenvalue weighted by molar-refractivity contribution is 6.36. The van der Waals surface area contributed by atoms with Crippen LogP contribution in [0.3, 0.4) is 0 Å². The molecule has 0 amide bonds. The lowest BCUT2D eigenvalue weighted by Gasteiger charge is -2.18. The summed E-state index contributed by atoms with van der Waals surface area (Å²) in [5.41, 5.74) is 8.66. The first-order valence-corrected chi connectivity index (χ1v) is 17.9. The highest BCUT2D eigenvalue weighted by Gasteiger charge is 2.28. The molecule has 2 saturated heterocycles. The molecule has 4 aromatic rings. The van der Waals surface area contributed by atoms with Gasteiger partial charge in [0, 0.05) is 79.7 Å². The van der Waals surface area contributed by atoms with Crippen molar-refractivity contribution in [3.05, 3.63) is 83.0 Å². The van der Waals surface area contributed by atoms with Gasteiger partial charge in [0.15, 0.2) is 0 Å². The lowest BCUT2D eigenvalue weighted by atomic mass is 9.93. The van der Waals surface area contributed by atoms with Crippen molar-refractivity contribution in [3.8, 4) is 45.4 Å². The first-order valence-electron chi connectivity index (χ1n) is 17.5. The second-order valence-electron chi connectivity index (χ2n) is 13.2. The molecule has 2 N–H and O–H groups in total. The number of hydrogen-bond donors (Lipinski definition) is 2. The predicted octanol–water partition coefficient (Wildman–Crippen LogP) is 6.30. The lowest BCUT2D eigenvalue weighted by molar-refractivity contribution is 0.308. The average molecular weight is 706 g/mol. The molecule has 2 atom stereocenters. The van der Waals surface area contributed by atoms with E-state index in [2.05, 4.69) is 45.1 Å². The minimum Gasteiger partial charge on any atom is -0.480 e. The third-order valence-electron chi connectivity index (χ3n) is 9.84. The third kappa shape index (κ3) is 7.66. The van der Waals surface area contributed by atoms with Crippen LogP contribution < -0.4 is 20.1 Å². The summed E-state index contributed by atoms with van der Waals surface area (Å²) in [5, 5.41) is 7.48. The fraction of sp³-hybridized carbons (Fsp3) is 0.385. The molecule has 11 nitrogen and oxygen atoms in total. The van der Waals surface area contributed by atoms with Gasteiger partial charge >= 0.3 is 0 Å². The number of benzene rings is 2. The van der Waals surface area contributed by atoms with Gasteiger partial charge in [-0.05, 0) is 43.9 Å². The molecule has 5 heterocycles. The average Bonchev–Trinajstić information content (AvgIpc) is 3.81.